The maximum atomic E-state index is 13.1. The summed E-state index contributed by atoms with van der Waals surface area (Å²) in [6, 6.07) is 13.0. The molecule has 4 rings (SSSR count). The van der Waals surface area contributed by atoms with Gasteiger partial charge in [0.05, 0.1) is 24.8 Å². The molecule has 0 saturated carbocycles. The number of carbonyl (C=O) groups is 1. The molecule has 1 fully saturated rings. The minimum Gasteiger partial charge on any atom is -0.497 e. The van der Waals surface area contributed by atoms with Crippen LogP contribution in [0, 0.1) is 6.92 Å². The van der Waals surface area contributed by atoms with E-state index < -0.39 is 0 Å². The number of aromatic nitrogens is 2. The van der Waals surface area contributed by atoms with E-state index in [1.807, 2.05) is 29.2 Å². The van der Waals surface area contributed by atoms with Crippen molar-refractivity contribution in [3.05, 3.63) is 74.8 Å². The van der Waals surface area contributed by atoms with Crippen molar-refractivity contribution in [2.24, 2.45) is 0 Å². The number of thiophene rings is 1. The van der Waals surface area contributed by atoms with E-state index in [0.29, 0.717) is 34.5 Å². The highest BCUT2D eigenvalue weighted by Gasteiger charge is 2.38. The summed E-state index contributed by atoms with van der Waals surface area (Å²) in [5.41, 5.74) is 1.61. The van der Waals surface area contributed by atoms with Gasteiger partial charge in [-0.2, -0.15) is 0 Å². The summed E-state index contributed by atoms with van der Waals surface area (Å²) in [5, 5.41) is 0.702. The first-order chi connectivity index (χ1) is 14.5. The van der Waals surface area contributed by atoms with Gasteiger partial charge in [0.1, 0.15) is 11.6 Å². The van der Waals surface area contributed by atoms with E-state index in [-0.39, 0.29) is 23.3 Å². The van der Waals surface area contributed by atoms with Gasteiger partial charge in [0.25, 0.3) is 11.5 Å². The Morgan fingerprint density at radius 1 is 1.10 bits per heavy atom. The standard InChI is InChI=1S/C22H23N3O4S/c1-13-23-18(10-20(26)24-13)17-12-25(22(27)19-8-9-21(29-3)30-19)11-16(17)14-4-6-15(28-2)7-5-14/h4-10,16-17H,11-12H2,1-3H3,(H,23,24,26)/t16-,17+/m0/s1. The Hall–Kier alpha value is -3.13. The largest absolute Gasteiger partial charge is 0.497 e. The summed E-state index contributed by atoms with van der Waals surface area (Å²) >= 11 is 1.33. The molecule has 1 aliphatic heterocycles. The molecule has 1 aromatic carbocycles. The van der Waals surface area contributed by atoms with Crippen LogP contribution in [0.25, 0.3) is 0 Å². The summed E-state index contributed by atoms with van der Waals surface area (Å²) in [5.74, 6) is 1.25. The van der Waals surface area contributed by atoms with Crippen LogP contribution in [0.5, 0.6) is 10.8 Å². The van der Waals surface area contributed by atoms with Crippen LogP contribution in [0.15, 0.2) is 47.3 Å². The third kappa shape index (κ3) is 3.95. The first-order valence-corrected chi connectivity index (χ1v) is 10.4. The third-order valence-corrected chi connectivity index (χ3v) is 6.44. The predicted octanol–water partition coefficient (Wildman–Crippen LogP) is 3.18. The number of carbonyl (C=O) groups excluding carboxylic acids is 1. The number of nitrogens with one attached hydrogen (secondary N) is 1. The number of aryl methyl sites for hydroxylation is 1. The minimum absolute atomic E-state index is 0.0235. The fraction of sp³-hybridized carbons (Fsp3) is 0.318. The van der Waals surface area contributed by atoms with Crippen molar-refractivity contribution in [1.29, 1.82) is 0 Å². The second kappa shape index (κ2) is 8.31. The van der Waals surface area contributed by atoms with E-state index >= 15 is 0 Å². The lowest BCUT2D eigenvalue weighted by Gasteiger charge is -2.18. The van der Waals surface area contributed by atoms with E-state index in [1.54, 1.807) is 33.3 Å². The maximum Gasteiger partial charge on any atom is 0.264 e. The van der Waals surface area contributed by atoms with Gasteiger partial charge < -0.3 is 19.4 Å². The van der Waals surface area contributed by atoms with E-state index in [9.17, 15) is 9.59 Å². The summed E-state index contributed by atoms with van der Waals surface area (Å²) in [6.07, 6.45) is 0. The zero-order chi connectivity index (χ0) is 21.3. The Morgan fingerprint density at radius 3 is 2.47 bits per heavy atom. The number of aromatic amines is 1. The molecule has 0 bridgehead atoms. The number of methoxy groups -OCH3 is 2. The van der Waals surface area contributed by atoms with Crippen LogP contribution in [0.1, 0.15) is 38.6 Å². The highest BCUT2D eigenvalue weighted by Crippen LogP contribution is 2.40. The topological polar surface area (TPSA) is 84.5 Å². The van der Waals surface area contributed by atoms with Crippen molar-refractivity contribution in [1.82, 2.24) is 14.9 Å². The van der Waals surface area contributed by atoms with Gasteiger partial charge in [0.15, 0.2) is 5.06 Å². The number of benzene rings is 1. The molecule has 1 saturated heterocycles. The molecule has 3 heterocycles. The van der Waals surface area contributed by atoms with Crippen LogP contribution in [0.2, 0.25) is 0 Å². The average Bonchev–Trinajstić information content (AvgIpc) is 3.40. The molecule has 1 N–H and O–H groups in total. The van der Waals surface area contributed by atoms with Crippen LogP contribution in [0.3, 0.4) is 0 Å². The number of ether oxygens (including phenoxy) is 2. The van der Waals surface area contributed by atoms with Gasteiger partial charge in [0, 0.05) is 31.0 Å². The summed E-state index contributed by atoms with van der Waals surface area (Å²) in [7, 11) is 3.22. The Labute approximate surface area is 178 Å². The molecule has 0 spiro atoms. The zero-order valence-electron chi connectivity index (χ0n) is 17.0. The Kier molecular flexibility index (Phi) is 5.59. The van der Waals surface area contributed by atoms with E-state index in [4.69, 9.17) is 9.47 Å². The number of hydrogen-bond donors (Lipinski definition) is 1. The predicted molar refractivity (Wildman–Crippen MR) is 115 cm³/mol. The summed E-state index contributed by atoms with van der Waals surface area (Å²) < 4.78 is 10.5. The molecule has 1 amide bonds. The Balaban J connectivity index is 1.68. The lowest BCUT2D eigenvalue weighted by Crippen LogP contribution is -2.28. The first kappa shape index (κ1) is 20.2. The molecule has 7 nitrogen and oxygen atoms in total. The van der Waals surface area contributed by atoms with Crippen molar-refractivity contribution in [2.75, 3.05) is 27.3 Å². The number of likely N-dealkylation sites (tertiary alicyclic amines) is 1. The van der Waals surface area contributed by atoms with Crippen molar-refractivity contribution >= 4 is 17.2 Å². The fourth-order valence-electron chi connectivity index (χ4n) is 3.95. The normalized spacial score (nSPS) is 18.4. The van der Waals surface area contributed by atoms with Crippen LogP contribution in [0.4, 0.5) is 0 Å². The maximum absolute atomic E-state index is 13.1. The molecule has 156 valence electrons. The molecule has 0 unspecified atom stereocenters. The van der Waals surface area contributed by atoms with E-state index in [1.165, 1.54) is 17.4 Å². The van der Waals surface area contributed by atoms with E-state index in [2.05, 4.69) is 9.97 Å². The van der Waals surface area contributed by atoms with Gasteiger partial charge in [-0.05, 0) is 36.8 Å². The van der Waals surface area contributed by atoms with Crippen LogP contribution in [-0.2, 0) is 0 Å². The molecule has 3 aromatic rings. The molecule has 0 radical (unpaired) electrons. The first-order valence-electron chi connectivity index (χ1n) is 9.63. The second-order valence-corrected chi connectivity index (χ2v) is 8.32. The molecule has 0 aliphatic carbocycles. The van der Waals surface area contributed by atoms with Crippen molar-refractivity contribution in [2.45, 2.75) is 18.8 Å². The second-order valence-electron chi connectivity index (χ2n) is 7.27. The molecule has 8 heteroatoms. The molecule has 2 atom stereocenters. The lowest BCUT2D eigenvalue weighted by molar-refractivity contribution is 0.0793. The summed E-state index contributed by atoms with van der Waals surface area (Å²) in [6.45, 7) is 2.80. The Morgan fingerprint density at radius 2 is 1.83 bits per heavy atom. The van der Waals surface area contributed by atoms with Crippen molar-refractivity contribution in [3.8, 4) is 10.8 Å². The quantitative estimate of drug-likeness (QED) is 0.679. The highest BCUT2D eigenvalue weighted by atomic mass is 32.1. The van der Waals surface area contributed by atoms with Gasteiger partial charge >= 0.3 is 0 Å². The number of hydrogen-bond acceptors (Lipinski definition) is 6. The molecule has 2 aromatic heterocycles. The van der Waals surface area contributed by atoms with Crippen LogP contribution in [-0.4, -0.2) is 48.1 Å². The van der Waals surface area contributed by atoms with Gasteiger partial charge in [-0.3, -0.25) is 9.59 Å². The SMILES string of the molecule is COc1ccc([C@@H]2CN(C(=O)c3ccc(OC)s3)C[C@H]2c2cc(=O)[nH]c(C)n2)cc1. The average molecular weight is 426 g/mol. The van der Waals surface area contributed by atoms with Crippen molar-refractivity contribution in [3.63, 3.8) is 0 Å². The van der Waals surface area contributed by atoms with Crippen molar-refractivity contribution < 1.29 is 14.3 Å². The number of rotatable bonds is 5. The highest BCUT2D eigenvalue weighted by molar-refractivity contribution is 7.15. The van der Waals surface area contributed by atoms with Crippen LogP contribution < -0.4 is 15.0 Å². The Bertz CT molecular complexity index is 1110. The lowest BCUT2D eigenvalue weighted by atomic mass is 9.86. The molecular formula is C22H23N3O4S. The number of nitrogens with zero attached hydrogens (tertiary/aromatic N) is 2. The zero-order valence-corrected chi connectivity index (χ0v) is 17.9. The smallest absolute Gasteiger partial charge is 0.264 e. The van der Waals surface area contributed by atoms with Gasteiger partial charge in [-0.1, -0.05) is 23.5 Å². The molecule has 30 heavy (non-hydrogen) atoms. The minimum atomic E-state index is -0.182. The van der Waals surface area contributed by atoms with Crippen LogP contribution >= 0.6 is 11.3 Å². The van der Waals surface area contributed by atoms with Gasteiger partial charge in [-0.15, -0.1) is 0 Å². The fourth-order valence-corrected chi connectivity index (χ4v) is 4.74. The molecular weight excluding hydrogens is 402 g/mol. The number of H-pyrrole nitrogens is 1. The third-order valence-electron chi connectivity index (χ3n) is 5.40. The summed E-state index contributed by atoms with van der Waals surface area (Å²) in [4.78, 5) is 34.9. The van der Waals surface area contributed by atoms with Gasteiger partial charge in [0.2, 0.25) is 0 Å². The number of amides is 1. The monoisotopic (exact) mass is 425 g/mol. The van der Waals surface area contributed by atoms with E-state index in [0.717, 1.165) is 11.3 Å². The van der Waals surface area contributed by atoms with Gasteiger partial charge in [-0.25, -0.2) is 4.98 Å². The molecule has 1 aliphatic rings.